The number of ether oxygens (including phenoxy) is 2. The zero-order valence-electron chi connectivity index (χ0n) is 17.4. The lowest BCUT2D eigenvalue weighted by Gasteiger charge is -2.21. The van der Waals surface area contributed by atoms with Gasteiger partial charge in [-0.25, -0.2) is 10.3 Å². The summed E-state index contributed by atoms with van der Waals surface area (Å²) in [5.74, 6) is -0.0760. The van der Waals surface area contributed by atoms with E-state index in [0.29, 0.717) is 36.3 Å². The Kier molecular flexibility index (Phi) is 10.1. The van der Waals surface area contributed by atoms with Gasteiger partial charge in [0, 0.05) is 17.3 Å². The van der Waals surface area contributed by atoms with Crippen LogP contribution in [0.5, 0.6) is 5.75 Å². The standard InChI is InChI=1S/C23H28N2O6/c1-17-11-13-18(14-12-17)24-23(28)31-21(9-3-2-4-10-22(27)25-29)19-7-5-6-8-20(19)30-16-15-26/h4-8,10-14,21,26,29H,2-3,9,15-16H2,1H3,(H,24,28)(H,25,27)/b10-4+/t21-/m1/s1. The lowest BCUT2D eigenvalue weighted by atomic mass is 10.0. The van der Waals surface area contributed by atoms with Crippen molar-refractivity contribution in [2.75, 3.05) is 18.5 Å². The normalized spacial score (nSPS) is 11.7. The van der Waals surface area contributed by atoms with Gasteiger partial charge in [0.15, 0.2) is 0 Å². The fraction of sp³-hybridized carbons (Fsp3) is 0.304. The van der Waals surface area contributed by atoms with E-state index in [4.69, 9.17) is 19.8 Å². The maximum Gasteiger partial charge on any atom is 0.412 e. The second-order valence-electron chi connectivity index (χ2n) is 6.80. The van der Waals surface area contributed by atoms with Crippen molar-refractivity contribution in [2.24, 2.45) is 0 Å². The molecule has 0 fully saturated rings. The molecule has 2 rings (SSSR count). The van der Waals surface area contributed by atoms with Gasteiger partial charge in [0.1, 0.15) is 18.5 Å². The van der Waals surface area contributed by atoms with Crippen LogP contribution >= 0.6 is 0 Å². The molecule has 1 atom stereocenters. The number of carbonyl (C=O) groups is 2. The molecule has 2 aromatic rings. The van der Waals surface area contributed by atoms with E-state index in [9.17, 15) is 9.59 Å². The van der Waals surface area contributed by atoms with Crippen molar-refractivity contribution in [3.63, 3.8) is 0 Å². The van der Waals surface area contributed by atoms with Crippen molar-refractivity contribution in [2.45, 2.75) is 32.3 Å². The molecule has 0 heterocycles. The Labute approximate surface area is 181 Å². The van der Waals surface area contributed by atoms with Crippen molar-refractivity contribution in [3.8, 4) is 5.75 Å². The minimum absolute atomic E-state index is 0.123. The van der Waals surface area contributed by atoms with Gasteiger partial charge in [-0.15, -0.1) is 0 Å². The van der Waals surface area contributed by atoms with Gasteiger partial charge in [-0.2, -0.15) is 0 Å². The molecule has 2 amide bonds. The average Bonchev–Trinajstić information content (AvgIpc) is 2.78. The first-order valence-electron chi connectivity index (χ1n) is 10.0. The molecule has 0 saturated heterocycles. The summed E-state index contributed by atoms with van der Waals surface area (Å²) in [5, 5.41) is 20.3. The fourth-order valence-electron chi connectivity index (χ4n) is 2.87. The average molecular weight is 428 g/mol. The maximum absolute atomic E-state index is 12.5. The molecule has 31 heavy (non-hydrogen) atoms. The van der Waals surface area contributed by atoms with Crippen LogP contribution in [-0.4, -0.2) is 35.5 Å². The highest BCUT2D eigenvalue weighted by molar-refractivity contribution is 5.86. The monoisotopic (exact) mass is 428 g/mol. The molecule has 0 saturated carbocycles. The highest BCUT2D eigenvalue weighted by atomic mass is 16.6. The predicted octanol–water partition coefficient (Wildman–Crippen LogP) is 3.89. The Bertz CT molecular complexity index is 867. The van der Waals surface area contributed by atoms with Crippen LogP contribution in [0.4, 0.5) is 10.5 Å². The molecule has 0 bridgehead atoms. The van der Waals surface area contributed by atoms with Gasteiger partial charge in [0.25, 0.3) is 5.91 Å². The highest BCUT2D eigenvalue weighted by Crippen LogP contribution is 2.32. The number of para-hydroxylation sites is 1. The highest BCUT2D eigenvalue weighted by Gasteiger charge is 2.20. The van der Waals surface area contributed by atoms with Crippen molar-refractivity contribution in [1.29, 1.82) is 0 Å². The lowest BCUT2D eigenvalue weighted by Crippen LogP contribution is -2.18. The maximum atomic E-state index is 12.5. The van der Waals surface area contributed by atoms with Crippen molar-refractivity contribution >= 4 is 17.7 Å². The number of aryl methyl sites for hydroxylation is 1. The topological polar surface area (TPSA) is 117 Å². The van der Waals surface area contributed by atoms with E-state index in [1.807, 2.05) is 31.2 Å². The van der Waals surface area contributed by atoms with Gasteiger partial charge in [-0.3, -0.25) is 15.3 Å². The van der Waals surface area contributed by atoms with Crippen LogP contribution in [0.3, 0.4) is 0 Å². The zero-order chi connectivity index (χ0) is 22.5. The van der Waals surface area contributed by atoms with E-state index >= 15 is 0 Å². The van der Waals surface area contributed by atoms with Crippen molar-refractivity contribution in [3.05, 3.63) is 71.8 Å². The molecule has 0 aliphatic rings. The Morgan fingerprint density at radius 1 is 1.13 bits per heavy atom. The Morgan fingerprint density at radius 2 is 1.87 bits per heavy atom. The molecule has 166 valence electrons. The molecule has 0 spiro atoms. The number of carbonyl (C=O) groups excluding carboxylic acids is 2. The third-order valence-corrected chi connectivity index (χ3v) is 4.38. The van der Waals surface area contributed by atoms with E-state index in [1.54, 1.807) is 30.3 Å². The minimum atomic E-state index is -0.604. The van der Waals surface area contributed by atoms with E-state index in [1.165, 1.54) is 11.6 Å². The minimum Gasteiger partial charge on any atom is -0.491 e. The van der Waals surface area contributed by atoms with Crippen LogP contribution in [0.2, 0.25) is 0 Å². The Balaban J connectivity index is 2.09. The molecule has 0 aliphatic carbocycles. The van der Waals surface area contributed by atoms with Crippen LogP contribution in [-0.2, 0) is 9.53 Å². The number of aliphatic hydroxyl groups is 1. The second-order valence-corrected chi connectivity index (χ2v) is 6.80. The quantitative estimate of drug-likeness (QED) is 0.187. The van der Waals surface area contributed by atoms with Crippen LogP contribution in [0.1, 0.15) is 36.5 Å². The molecule has 8 nitrogen and oxygen atoms in total. The predicted molar refractivity (Wildman–Crippen MR) is 116 cm³/mol. The number of unbranched alkanes of at least 4 members (excludes halogenated alkanes) is 1. The van der Waals surface area contributed by atoms with E-state index in [-0.39, 0.29) is 13.2 Å². The van der Waals surface area contributed by atoms with E-state index in [0.717, 1.165) is 5.56 Å². The molecule has 8 heteroatoms. The molecule has 0 radical (unpaired) electrons. The number of hydrogen-bond acceptors (Lipinski definition) is 6. The number of anilines is 1. The molecule has 0 aliphatic heterocycles. The number of hydroxylamine groups is 1. The summed E-state index contributed by atoms with van der Waals surface area (Å²) in [4.78, 5) is 23.6. The molecular weight excluding hydrogens is 400 g/mol. The third kappa shape index (κ3) is 8.49. The smallest absolute Gasteiger partial charge is 0.412 e. The van der Waals surface area contributed by atoms with Gasteiger partial charge >= 0.3 is 6.09 Å². The second kappa shape index (κ2) is 13.0. The van der Waals surface area contributed by atoms with Crippen LogP contribution in [0, 0.1) is 6.92 Å². The summed E-state index contributed by atoms with van der Waals surface area (Å²) in [6.07, 6.45) is 3.31. The summed E-state index contributed by atoms with van der Waals surface area (Å²) < 4.78 is 11.3. The first kappa shape index (κ1) is 23.9. The van der Waals surface area contributed by atoms with Crippen molar-refractivity contribution < 1.29 is 29.4 Å². The van der Waals surface area contributed by atoms with Gasteiger partial charge < -0.3 is 14.6 Å². The number of benzene rings is 2. The van der Waals surface area contributed by atoms with Gasteiger partial charge in [-0.05, 0) is 44.4 Å². The van der Waals surface area contributed by atoms with Crippen LogP contribution in [0.25, 0.3) is 0 Å². The van der Waals surface area contributed by atoms with E-state index < -0.39 is 18.1 Å². The largest absolute Gasteiger partial charge is 0.491 e. The number of hydrogen-bond donors (Lipinski definition) is 4. The zero-order valence-corrected chi connectivity index (χ0v) is 17.4. The van der Waals surface area contributed by atoms with E-state index in [2.05, 4.69) is 5.32 Å². The number of rotatable bonds is 11. The summed E-state index contributed by atoms with van der Waals surface area (Å²) in [7, 11) is 0. The Morgan fingerprint density at radius 3 is 2.58 bits per heavy atom. The number of allylic oxidation sites excluding steroid dienone is 1. The SMILES string of the molecule is Cc1ccc(NC(=O)O[C@H](CCC/C=C/C(=O)NO)c2ccccc2OCCO)cc1. The van der Waals surface area contributed by atoms with Gasteiger partial charge in [0.05, 0.1) is 6.61 Å². The molecule has 0 unspecified atom stereocenters. The molecule has 2 aromatic carbocycles. The number of nitrogens with one attached hydrogen (secondary N) is 2. The molecule has 4 N–H and O–H groups in total. The molecular formula is C23H28N2O6. The summed E-state index contributed by atoms with van der Waals surface area (Å²) >= 11 is 0. The summed E-state index contributed by atoms with van der Waals surface area (Å²) in [6, 6.07) is 14.6. The first-order valence-corrected chi connectivity index (χ1v) is 10.0. The van der Waals surface area contributed by atoms with Crippen LogP contribution in [0.15, 0.2) is 60.7 Å². The Hall–Kier alpha value is -3.36. The fourth-order valence-corrected chi connectivity index (χ4v) is 2.87. The van der Waals surface area contributed by atoms with Gasteiger partial charge in [0.2, 0.25) is 0 Å². The van der Waals surface area contributed by atoms with Crippen molar-refractivity contribution in [1.82, 2.24) is 5.48 Å². The van der Waals surface area contributed by atoms with Gasteiger partial charge in [-0.1, -0.05) is 42.0 Å². The lowest BCUT2D eigenvalue weighted by molar-refractivity contribution is -0.124. The molecule has 0 aromatic heterocycles. The number of amides is 2. The first-order chi connectivity index (χ1) is 15.0. The number of aliphatic hydroxyl groups excluding tert-OH is 1. The summed E-state index contributed by atoms with van der Waals surface area (Å²) in [5.41, 5.74) is 3.92. The van der Waals surface area contributed by atoms with Crippen LogP contribution < -0.4 is 15.5 Å². The third-order valence-electron chi connectivity index (χ3n) is 4.38. The summed E-state index contributed by atoms with van der Waals surface area (Å²) in [6.45, 7) is 1.95.